The molecule has 0 bridgehead atoms. The molecule has 0 unspecified atom stereocenters. The molecule has 0 radical (unpaired) electrons. The first kappa shape index (κ1) is 18.9. The maximum Gasteiger partial charge on any atom is 0.329 e. The van der Waals surface area contributed by atoms with Crippen LogP contribution in [0.25, 0.3) is 0 Å². The lowest BCUT2D eigenvalue weighted by Gasteiger charge is -2.06. The Morgan fingerprint density at radius 3 is 2.62 bits per heavy atom. The highest BCUT2D eigenvalue weighted by Gasteiger charge is 2.19. The number of methoxy groups -OCH3 is 1. The van der Waals surface area contributed by atoms with Gasteiger partial charge in [-0.3, -0.25) is 19.7 Å². The maximum absolute atomic E-state index is 11.5. The van der Waals surface area contributed by atoms with Crippen molar-refractivity contribution in [2.45, 2.75) is 13.8 Å². The molecular weight excluding hydrogens is 320 g/mol. The lowest BCUT2D eigenvalue weighted by Crippen LogP contribution is -2.39. The molecule has 1 aromatic rings. The van der Waals surface area contributed by atoms with Crippen molar-refractivity contribution in [2.24, 2.45) is 11.0 Å². The molecule has 10 heteroatoms. The van der Waals surface area contributed by atoms with Gasteiger partial charge in [-0.25, -0.2) is 5.43 Å². The third-order valence-corrected chi connectivity index (χ3v) is 2.75. The van der Waals surface area contributed by atoms with Crippen LogP contribution >= 0.6 is 0 Å². The van der Waals surface area contributed by atoms with Gasteiger partial charge in [0.1, 0.15) is 0 Å². The summed E-state index contributed by atoms with van der Waals surface area (Å²) in [5.41, 5.74) is 1.62. The Labute approximate surface area is 137 Å². The molecule has 0 saturated carbocycles. The van der Waals surface area contributed by atoms with Gasteiger partial charge in [0.15, 0.2) is 5.75 Å². The summed E-state index contributed by atoms with van der Waals surface area (Å²) in [6.45, 7) is 4.10. The van der Waals surface area contributed by atoms with Gasteiger partial charge in [-0.05, 0) is 12.0 Å². The van der Waals surface area contributed by atoms with Crippen molar-refractivity contribution in [1.82, 2.24) is 10.7 Å². The monoisotopic (exact) mass is 338 g/mol. The SMILES string of the molecule is COc1cc(/C=N\NC(=O)C(=O)NCC(C)C)cc([N+](=O)[O-])c1O. The average Bonchev–Trinajstić information content (AvgIpc) is 2.53. The summed E-state index contributed by atoms with van der Waals surface area (Å²) < 4.78 is 4.83. The molecule has 0 fully saturated rings. The minimum absolute atomic E-state index is 0.119. The number of rotatable bonds is 6. The first-order chi connectivity index (χ1) is 11.3. The van der Waals surface area contributed by atoms with Gasteiger partial charge in [0.2, 0.25) is 5.75 Å². The highest BCUT2D eigenvalue weighted by molar-refractivity contribution is 6.35. The van der Waals surface area contributed by atoms with Crippen LogP contribution in [-0.2, 0) is 9.59 Å². The molecule has 24 heavy (non-hydrogen) atoms. The predicted molar refractivity (Wildman–Crippen MR) is 84.9 cm³/mol. The number of phenols is 1. The van der Waals surface area contributed by atoms with Crippen LogP contribution in [0.3, 0.4) is 0 Å². The molecule has 0 aliphatic carbocycles. The van der Waals surface area contributed by atoms with Crippen molar-refractivity contribution in [2.75, 3.05) is 13.7 Å². The van der Waals surface area contributed by atoms with E-state index in [0.29, 0.717) is 6.54 Å². The van der Waals surface area contributed by atoms with Crippen molar-refractivity contribution in [3.8, 4) is 11.5 Å². The molecule has 10 nitrogen and oxygen atoms in total. The van der Waals surface area contributed by atoms with Crippen LogP contribution in [0.5, 0.6) is 11.5 Å². The molecule has 0 saturated heterocycles. The number of carbonyl (C=O) groups is 2. The number of nitrogens with zero attached hydrogens (tertiary/aromatic N) is 2. The fraction of sp³-hybridized carbons (Fsp3) is 0.357. The van der Waals surface area contributed by atoms with Crippen LogP contribution in [0, 0.1) is 16.0 Å². The molecule has 1 rings (SSSR count). The van der Waals surface area contributed by atoms with Crippen molar-refractivity contribution in [3.05, 3.63) is 27.8 Å². The zero-order chi connectivity index (χ0) is 18.3. The van der Waals surface area contributed by atoms with Crippen molar-refractivity contribution < 1.29 is 24.4 Å². The molecular formula is C14H18N4O6. The fourth-order valence-corrected chi connectivity index (χ4v) is 1.58. The van der Waals surface area contributed by atoms with Crippen LogP contribution in [0.15, 0.2) is 17.2 Å². The average molecular weight is 338 g/mol. The fourth-order valence-electron chi connectivity index (χ4n) is 1.58. The van der Waals surface area contributed by atoms with E-state index in [1.54, 1.807) is 0 Å². The Balaban J connectivity index is 2.80. The number of phenolic OH excluding ortho intramolecular Hbond substituents is 1. The molecule has 0 atom stereocenters. The lowest BCUT2D eigenvalue weighted by atomic mass is 10.2. The van der Waals surface area contributed by atoms with Gasteiger partial charge in [0.25, 0.3) is 0 Å². The summed E-state index contributed by atoms with van der Waals surface area (Å²) >= 11 is 0. The van der Waals surface area contributed by atoms with Crippen LogP contribution in [0.1, 0.15) is 19.4 Å². The molecule has 0 aliphatic heterocycles. The van der Waals surface area contributed by atoms with Gasteiger partial charge in [0.05, 0.1) is 18.2 Å². The lowest BCUT2D eigenvalue weighted by molar-refractivity contribution is -0.386. The second-order valence-electron chi connectivity index (χ2n) is 5.15. The molecule has 130 valence electrons. The predicted octanol–water partition coefficient (Wildman–Crippen LogP) is 0.531. The van der Waals surface area contributed by atoms with E-state index < -0.39 is 28.2 Å². The minimum Gasteiger partial charge on any atom is -0.500 e. The summed E-state index contributed by atoms with van der Waals surface area (Å²) in [5.74, 6) is -2.35. The van der Waals surface area contributed by atoms with E-state index >= 15 is 0 Å². The van der Waals surface area contributed by atoms with Crippen LogP contribution in [-0.4, -0.2) is 41.7 Å². The second-order valence-corrected chi connectivity index (χ2v) is 5.15. The largest absolute Gasteiger partial charge is 0.500 e. The Hall–Kier alpha value is -3.17. The van der Waals surface area contributed by atoms with E-state index in [-0.39, 0.29) is 17.2 Å². The van der Waals surface area contributed by atoms with E-state index in [1.807, 2.05) is 19.3 Å². The zero-order valence-electron chi connectivity index (χ0n) is 13.4. The Bertz CT molecular complexity index is 671. The van der Waals surface area contributed by atoms with Crippen molar-refractivity contribution in [1.29, 1.82) is 0 Å². The number of nitro groups is 1. The number of hydrogen-bond acceptors (Lipinski definition) is 7. The van der Waals surface area contributed by atoms with Crippen LogP contribution in [0.4, 0.5) is 5.69 Å². The third-order valence-electron chi connectivity index (χ3n) is 2.75. The topological polar surface area (TPSA) is 143 Å². The summed E-state index contributed by atoms with van der Waals surface area (Å²) in [4.78, 5) is 33.0. The Morgan fingerprint density at radius 2 is 2.08 bits per heavy atom. The number of carbonyl (C=O) groups excluding carboxylic acids is 2. The summed E-state index contributed by atoms with van der Waals surface area (Å²) in [7, 11) is 1.24. The Kier molecular flexibility index (Phi) is 6.65. The van der Waals surface area contributed by atoms with Gasteiger partial charge in [-0.15, -0.1) is 0 Å². The van der Waals surface area contributed by atoms with E-state index in [1.165, 1.54) is 13.2 Å². The number of nitro benzene ring substituents is 1. The first-order valence-electron chi connectivity index (χ1n) is 6.92. The number of amides is 2. The number of aromatic hydroxyl groups is 1. The normalized spacial score (nSPS) is 10.7. The first-order valence-corrected chi connectivity index (χ1v) is 6.92. The quantitative estimate of drug-likeness (QED) is 0.299. The highest BCUT2D eigenvalue weighted by Crippen LogP contribution is 2.36. The number of hydrazone groups is 1. The molecule has 3 N–H and O–H groups in total. The number of hydrogen-bond donors (Lipinski definition) is 3. The van der Waals surface area contributed by atoms with Crippen LogP contribution in [0.2, 0.25) is 0 Å². The van der Waals surface area contributed by atoms with Crippen molar-refractivity contribution in [3.63, 3.8) is 0 Å². The minimum atomic E-state index is -0.966. The van der Waals surface area contributed by atoms with Crippen LogP contribution < -0.4 is 15.5 Å². The summed E-state index contributed by atoms with van der Waals surface area (Å²) in [6, 6.07) is 2.34. The van der Waals surface area contributed by atoms with Gasteiger partial charge in [0, 0.05) is 18.2 Å². The molecule has 1 aromatic carbocycles. The smallest absolute Gasteiger partial charge is 0.329 e. The standard InChI is InChI=1S/C14H18N4O6/c1-8(2)6-15-13(20)14(21)17-16-7-9-4-10(18(22)23)12(19)11(5-9)24-3/h4-5,7-8,19H,6H2,1-3H3,(H,15,20)(H,17,21)/b16-7-. The molecule has 0 aliphatic rings. The van der Waals surface area contributed by atoms with Gasteiger partial charge < -0.3 is 15.2 Å². The van der Waals surface area contributed by atoms with E-state index in [2.05, 4.69) is 10.4 Å². The third kappa shape index (κ3) is 5.23. The zero-order valence-corrected chi connectivity index (χ0v) is 13.4. The summed E-state index contributed by atoms with van der Waals surface area (Å²) in [6.07, 6.45) is 1.09. The molecule has 0 aromatic heterocycles. The van der Waals surface area contributed by atoms with Crippen molar-refractivity contribution >= 4 is 23.7 Å². The van der Waals surface area contributed by atoms with Gasteiger partial charge in [-0.2, -0.15) is 5.10 Å². The summed E-state index contributed by atoms with van der Waals surface area (Å²) in [5, 5.41) is 26.5. The van der Waals surface area contributed by atoms with Gasteiger partial charge in [-0.1, -0.05) is 13.8 Å². The molecule has 0 spiro atoms. The number of benzene rings is 1. The molecule has 2 amide bonds. The van der Waals surface area contributed by atoms with E-state index in [4.69, 9.17) is 4.74 Å². The second kappa shape index (κ2) is 8.46. The Morgan fingerprint density at radius 1 is 1.42 bits per heavy atom. The maximum atomic E-state index is 11.5. The van der Waals surface area contributed by atoms with E-state index in [0.717, 1.165) is 12.3 Å². The van der Waals surface area contributed by atoms with E-state index in [9.17, 15) is 24.8 Å². The molecule has 0 heterocycles. The highest BCUT2D eigenvalue weighted by atomic mass is 16.6. The number of ether oxygens (including phenoxy) is 1. The van der Waals surface area contributed by atoms with Gasteiger partial charge >= 0.3 is 17.5 Å². The number of nitrogens with one attached hydrogen (secondary N) is 2.